The number of morpholine rings is 1. The van der Waals surface area contributed by atoms with Crippen LogP contribution in [0.25, 0.3) is 11.1 Å². The topological polar surface area (TPSA) is 159 Å². The molecule has 1 aliphatic carbocycles. The summed E-state index contributed by atoms with van der Waals surface area (Å²) in [7, 11) is 1.65. The van der Waals surface area contributed by atoms with Crippen molar-refractivity contribution in [2.24, 2.45) is 5.22 Å². The fourth-order valence-electron chi connectivity index (χ4n) is 6.93. The third-order valence-electron chi connectivity index (χ3n) is 9.20. The van der Waals surface area contributed by atoms with E-state index >= 15 is 0 Å². The van der Waals surface area contributed by atoms with Crippen LogP contribution in [0.1, 0.15) is 51.5 Å². The van der Waals surface area contributed by atoms with E-state index in [1.165, 1.54) is 17.9 Å². The number of nitrogens with one attached hydrogen (secondary N) is 3. The fraction of sp³-hybridized carbons (Fsp3) is 0.562. The van der Waals surface area contributed by atoms with Crippen LogP contribution < -0.4 is 14.8 Å². The largest absolute Gasteiger partial charge is 0.487 e. The van der Waals surface area contributed by atoms with Crippen molar-refractivity contribution in [1.29, 1.82) is 10.9 Å². The molecule has 4 heterocycles. The first-order valence-electron chi connectivity index (χ1n) is 16.2. The van der Waals surface area contributed by atoms with E-state index in [9.17, 15) is 0 Å². The lowest BCUT2D eigenvalue weighted by Crippen LogP contribution is -2.52. The predicted octanol–water partition coefficient (Wildman–Crippen LogP) is 5.73. The van der Waals surface area contributed by atoms with E-state index in [-0.39, 0.29) is 12.6 Å². The van der Waals surface area contributed by atoms with E-state index in [1.807, 2.05) is 29.9 Å². The maximum Gasteiger partial charge on any atom is 0.257 e. The van der Waals surface area contributed by atoms with Gasteiger partial charge in [-0.1, -0.05) is 22.9 Å². The second-order valence-corrected chi connectivity index (χ2v) is 12.8. The molecule has 3 fully saturated rings. The Morgan fingerprint density at radius 2 is 1.77 bits per heavy atom. The number of rotatable bonds is 15. The number of fused-ring (bicyclic) bond motifs is 2. The van der Waals surface area contributed by atoms with E-state index in [1.54, 1.807) is 25.6 Å². The van der Waals surface area contributed by atoms with Crippen LogP contribution in [-0.2, 0) is 9.47 Å². The molecule has 6 rings (SSSR count). The Morgan fingerprint density at radius 3 is 2.45 bits per heavy atom. The Hall–Kier alpha value is -3.85. The molecular weight excluding hydrogens is 624 g/mol. The molecule has 0 radical (unpaired) electrons. The van der Waals surface area contributed by atoms with Gasteiger partial charge in [-0.25, -0.2) is 15.0 Å². The van der Waals surface area contributed by atoms with Crippen molar-refractivity contribution in [2.75, 3.05) is 45.4 Å². The molecule has 1 saturated carbocycles. The summed E-state index contributed by atoms with van der Waals surface area (Å²) in [5.74, 6) is 1.39. The highest BCUT2D eigenvalue weighted by Crippen LogP contribution is 2.39. The Bertz CT molecular complexity index is 1480. The smallest absolute Gasteiger partial charge is 0.257 e. The number of hydrogen-bond donors (Lipinski definition) is 3. The molecule has 15 heteroatoms. The van der Waals surface area contributed by atoms with Gasteiger partial charge >= 0.3 is 0 Å². The number of nitrogens with zero attached hydrogens (tertiary/aromatic N) is 7. The van der Waals surface area contributed by atoms with Gasteiger partial charge in [-0.2, -0.15) is 5.53 Å². The Balaban J connectivity index is 1.12. The molecule has 3 N–H and O–H groups in total. The van der Waals surface area contributed by atoms with Gasteiger partial charge in [-0.05, 0) is 63.1 Å². The quantitative estimate of drug-likeness (QED) is 0.0601. The summed E-state index contributed by atoms with van der Waals surface area (Å²) in [6, 6.07) is 7.54. The van der Waals surface area contributed by atoms with Crippen LogP contribution >= 0.6 is 11.6 Å². The lowest BCUT2D eigenvalue weighted by Gasteiger charge is -2.43. The second kappa shape index (κ2) is 15.4. The van der Waals surface area contributed by atoms with Crippen LogP contribution in [-0.4, -0.2) is 100 Å². The number of methoxy groups -OCH3 is 1. The summed E-state index contributed by atoms with van der Waals surface area (Å²) in [4.78, 5) is 11.9. The van der Waals surface area contributed by atoms with Gasteiger partial charge in [0.1, 0.15) is 30.5 Å². The Kier molecular flexibility index (Phi) is 10.8. The SMILES string of the molecule is COCCOc1nn([C@H]2CC[C@H](N3C4CC[C@@H]3COC4)CC2)cc1Nc1ncc(-c2ccc(Cl)c(O[C@@H](C)CN(C=N)N=N)c2)cn1. The van der Waals surface area contributed by atoms with Gasteiger partial charge in [0.05, 0.1) is 43.6 Å². The average molecular weight is 667 g/mol. The third-order valence-corrected chi connectivity index (χ3v) is 9.51. The zero-order valence-electron chi connectivity index (χ0n) is 26.8. The van der Waals surface area contributed by atoms with E-state index in [0.717, 1.165) is 56.4 Å². The first kappa shape index (κ1) is 33.1. The summed E-state index contributed by atoms with van der Waals surface area (Å²) in [6.07, 6.45) is 13.0. The minimum atomic E-state index is -0.364. The third kappa shape index (κ3) is 7.83. The van der Waals surface area contributed by atoms with Crippen LogP contribution in [0.4, 0.5) is 11.6 Å². The van der Waals surface area contributed by atoms with Crippen molar-refractivity contribution in [1.82, 2.24) is 29.7 Å². The Morgan fingerprint density at radius 1 is 1.06 bits per heavy atom. The predicted molar refractivity (Wildman–Crippen MR) is 177 cm³/mol. The van der Waals surface area contributed by atoms with Crippen LogP contribution in [0, 0.1) is 10.9 Å². The zero-order valence-corrected chi connectivity index (χ0v) is 27.6. The Labute approximate surface area is 279 Å². The summed E-state index contributed by atoms with van der Waals surface area (Å²) in [5.41, 5.74) is 9.45. The van der Waals surface area contributed by atoms with Crippen LogP contribution in [0.5, 0.6) is 11.6 Å². The number of aromatic nitrogens is 4. The molecule has 0 spiro atoms. The van der Waals surface area contributed by atoms with Crippen molar-refractivity contribution < 1.29 is 18.9 Å². The lowest BCUT2D eigenvalue weighted by molar-refractivity contribution is -0.0458. The fourth-order valence-corrected chi connectivity index (χ4v) is 7.09. The van der Waals surface area contributed by atoms with Gasteiger partial charge in [-0.15, -0.1) is 5.10 Å². The molecule has 3 atom stereocenters. The second-order valence-electron chi connectivity index (χ2n) is 12.3. The maximum atomic E-state index is 7.32. The number of ether oxygens (including phenoxy) is 4. The molecule has 1 aromatic carbocycles. The number of hydrogen-bond acceptors (Lipinski definition) is 12. The minimum Gasteiger partial charge on any atom is -0.487 e. The zero-order chi connectivity index (χ0) is 32.8. The minimum absolute atomic E-state index is 0.237. The van der Waals surface area contributed by atoms with E-state index in [0.29, 0.717) is 65.7 Å². The van der Waals surface area contributed by atoms with Crippen molar-refractivity contribution in [3.8, 4) is 22.8 Å². The van der Waals surface area contributed by atoms with Crippen molar-refractivity contribution in [3.05, 3.63) is 41.8 Å². The molecule has 2 bridgehead atoms. The summed E-state index contributed by atoms with van der Waals surface area (Å²) >= 11 is 6.40. The first-order chi connectivity index (χ1) is 22.9. The standard InChI is InChI=1S/C32H43ClN10O4/c1-21(16-41(20-34)40-35)47-30-13-22(3-10-28(30)33)23-14-36-32(37-15-23)38-29-17-42(39-31(29)46-12-11-44-2)24-4-6-25(7-5-24)43-26-8-9-27(43)19-45-18-26/h3,10,13-15,17,20-21,24-27,34-35H,4-9,11-12,16,18-19H2,1-2H3,(H,36,37,38)/t21-,24-,25-,26+,27?/m0/s1. The van der Waals surface area contributed by atoms with E-state index in [4.69, 9.17) is 46.6 Å². The van der Waals surface area contributed by atoms with Crippen LogP contribution in [0.15, 0.2) is 42.0 Å². The number of halogens is 1. The molecular formula is C32H43ClN10O4. The van der Waals surface area contributed by atoms with Gasteiger partial charge in [0.15, 0.2) is 0 Å². The molecule has 47 heavy (non-hydrogen) atoms. The summed E-state index contributed by atoms with van der Waals surface area (Å²) in [5, 5.41) is 20.4. The van der Waals surface area contributed by atoms with Crippen LogP contribution in [0.3, 0.4) is 0 Å². The molecule has 2 aliphatic heterocycles. The highest BCUT2D eigenvalue weighted by Gasteiger charge is 2.42. The van der Waals surface area contributed by atoms with Gasteiger partial charge in [0.2, 0.25) is 5.95 Å². The molecule has 1 unspecified atom stereocenters. The van der Waals surface area contributed by atoms with Crippen molar-refractivity contribution >= 4 is 29.6 Å². The molecule has 3 aliphatic rings. The maximum absolute atomic E-state index is 7.32. The van der Waals surface area contributed by atoms with Crippen molar-refractivity contribution in [2.45, 2.75) is 75.7 Å². The monoisotopic (exact) mass is 666 g/mol. The first-order valence-corrected chi connectivity index (χ1v) is 16.6. The van der Waals surface area contributed by atoms with Crippen LogP contribution in [0.2, 0.25) is 5.02 Å². The van der Waals surface area contributed by atoms with Crippen molar-refractivity contribution in [3.63, 3.8) is 0 Å². The average Bonchev–Trinajstić information content (AvgIpc) is 3.60. The molecule has 2 saturated heterocycles. The highest BCUT2D eigenvalue weighted by atomic mass is 35.5. The van der Waals surface area contributed by atoms with E-state index < -0.39 is 0 Å². The lowest BCUT2D eigenvalue weighted by atomic mass is 9.89. The van der Waals surface area contributed by atoms with Gasteiger partial charge in [0.25, 0.3) is 5.88 Å². The number of benzene rings is 1. The highest BCUT2D eigenvalue weighted by molar-refractivity contribution is 6.32. The summed E-state index contributed by atoms with van der Waals surface area (Å²) < 4.78 is 25.1. The normalized spacial score (nSPS) is 23.2. The van der Waals surface area contributed by atoms with Gasteiger partial charge in [0, 0.05) is 43.2 Å². The molecule has 252 valence electrons. The van der Waals surface area contributed by atoms with E-state index in [2.05, 4.69) is 25.4 Å². The molecule has 14 nitrogen and oxygen atoms in total. The molecule has 0 amide bonds. The summed E-state index contributed by atoms with van der Waals surface area (Å²) in [6.45, 7) is 4.65. The van der Waals surface area contributed by atoms with Gasteiger partial charge in [-0.3, -0.25) is 15.0 Å². The molecule has 3 aromatic rings. The molecule has 2 aromatic heterocycles. The van der Waals surface area contributed by atoms with Gasteiger partial charge < -0.3 is 24.3 Å². The number of anilines is 2.